The Bertz CT molecular complexity index is 697. The Kier molecular flexibility index (Phi) is 4.25. The Morgan fingerprint density at radius 1 is 1.38 bits per heavy atom. The van der Waals surface area contributed by atoms with Crippen LogP contribution in [-0.2, 0) is 6.18 Å². The average Bonchev–Trinajstić information content (AvgIpc) is 2.71. The molecular weight excluding hydrogens is 325 g/mol. The van der Waals surface area contributed by atoms with E-state index in [9.17, 15) is 18.0 Å². The first-order valence-electron chi connectivity index (χ1n) is 5.81. The van der Waals surface area contributed by atoms with Gasteiger partial charge in [0, 0.05) is 0 Å². The minimum absolute atomic E-state index is 0.0784. The lowest BCUT2D eigenvalue weighted by Crippen LogP contribution is -2.05. The zero-order valence-electron chi connectivity index (χ0n) is 11.0. The zero-order chi connectivity index (χ0) is 15.8. The number of aryl methyl sites for hydroxylation is 1. The molecule has 0 aliphatic heterocycles. The maximum absolute atomic E-state index is 12.6. The van der Waals surface area contributed by atoms with Crippen molar-refractivity contribution in [3.8, 4) is 0 Å². The van der Waals surface area contributed by atoms with Crippen molar-refractivity contribution in [1.29, 1.82) is 0 Å². The van der Waals surface area contributed by atoms with Gasteiger partial charge in [-0.05, 0) is 43.6 Å². The number of Topliss-reactive ketones (excluding diaryl/α,β-unsaturated/α-hetero) is 1. The van der Waals surface area contributed by atoms with Crippen LogP contribution in [0.5, 0.6) is 0 Å². The van der Waals surface area contributed by atoms with Gasteiger partial charge >= 0.3 is 6.18 Å². The van der Waals surface area contributed by atoms with Gasteiger partial charge in [-0.3, -0.25) is 4.79 Å². The molecule has 1 heterocycles. The van der Waals surface area contributed by atoms with Crippen LogP contribution in [0.15, 0.2) is 18.2 Å². The first kappa shape index (κ1) is 15.8. The summed E-state index contributed by atoms with van der Waals surface area (Å²) in [6.45, 7) is 3.09. The molecule has 0 aliphatic rings. The van der Waals surface area contributed by atoms with Crippen molar-refractivity contribution in [3.63, 3.8) is 0 Å². The molecule has 0 saturated heterocycles. The minimum Gasteiger partial charge on any atom is -0.344 e. The van der Waals surface area contributed by atoms with Gasteiger partial charge in [0.05, 0.1) is 27.5 Å². The first-order chi connectivity index (χ1) is 9.70. The molecule has 0 amide bonds. The summed E-state index contributed by atoms with van der Waals surface area (Å²) in [6, 6.07) is 2.99. The lowest BCUT2D eigenvalue weighted by molar-refractivity contribution is -0.137. The Labute approximate surface area is 127 Å². The number of nitrogens with zero attached hydrogens (tertiary/aromatic N) is 1. The fourth-order valence-electron chi connectivity index (χ4n) is 1.78. The second-order valence-corrected chi connectivity index (χ2v) is 5.53. The van der Waals surface area contributed by atoms with Crippen molar-refractivity contribution < 1.29 is 18.0 Å². The summed E-state index contributed by atoms with van der Waals surface area (Å²) in [5.74, 6) is -0.174. The molecule has 0 unspecified atom stereocenters. The van der Waals surface area contributed by atoms with E-state index in [-0.39, 0.29) is 16.5 Å². The van der Waals surface area contributed by atoms with Crippen molar-refractivity contribution in [3.05, 3.63) is 40.0 Å². The van der Waals surface area contributed by atoms with E-state index in [0.29, 0.717) is 16.3 Å². The molecule has 1 aromatic carbocycles. The molecule has 0 atom stereocenters. The van der Waals surface area contributed by atoms with Gasteiger partial charge in [-0.1, -0.05) is 11.6 Å². The van der Waals surface area contributed by atoms with Gasteiger partial charge in [0.2, 0.25) is 0 Å². The normalized spacial score (nSPS) is 11.5. The number of ketones is 1. The minimum atomic E-state index is -4.45. The molecule has 0 fully saturated rings. The van der Waals surface area contributed by atoms with Gasteiger partial charge in [-0.25, -0.2) is 0 Å². The number of rotatable bonds is 3. The molecule has 21 heavy (non-hydrogen) atoms. The molecule has 1 aromatic heterocycles. The standard InChI is InChI=1S/C13H10ClF3N2OS/c1-6-11(7(2)20)12(21-19-6)18-10-4-3-8(5-9(10)14)13(15,16)17/h3-5,18H,1-2H3. The molecule has 2 aromatic rings. The summed E-state index contributed by atoms with van der Waals surface area (Å²) < 4.78 is 41.8. The third kappa shape index (κ3) is 3.36. The van der Waals surface area contributed by atoms with Crippen molar-refractivity contribution in [2.24, 2.45) is 0 Å². The second-order valence-electron chi connectivity index (χ2n) is 4.35. The number of aromatic nitrogens is 1. The van der Waals surface area contributed by atoms with E-state index in [1.54, 1.807) is 6.92 Å². The monoisotopic (exact) mass is 334 g/mol. The van der Waals surface area contributed by atoms with Crippen LogP contribution in [0, 0.1) is 6.92 Å². The first-order valence-corrected chi connectivity index (χ1v) is 6.96. The van der Waals surface area contributed by atoms with E-state index >= 15 is 0 Å². The smallest absolute Gasteiger partial charge is 0.344 e. The molecule has 0 saturated carbocycles. The Hall–Kier alpha value is -1.60. The number of carbonyl (C=O) groups is 1. The SMILES string of the molecule is CC(=O)c1c(C)nsc1Nc1ccc(C(F)(F)F)cc1Cl. The number of alkyl halides is 3. The van der Waals surface area contributed by atoms with Crippen LogP contribution >= 0.6 is 23.1 Å². The summed E-state index contributed by atoms with van der Waals surface area (Å²) in [5, 5.41) is 3.24. The third-order valence-corrected chi connectivity index (χ3v) is 3.93. The van der Waals surface area contributed by atoms with Crippen LogP contribution in [0.3, 0.4) is 0 Å². The summed E-state index contributed by atoms with van der Waals surface area (Å²) in [7, 11) is 0. The largest absolute Gasteiger partial charge is 0.416 e. The molecule has 0 radical (unpaired) electrons. The van der Waals surface area contributed by atoms with E-state index in [1.807, 2.05) is 0 Å². The van der Waals surface area contributed by atoms with Crippen molar-refractivity contribution in [2.75, 3.05) is 5.32 Å². The molecule has 0 spiro atoms. The maximum atomic E-state index is 12.6. The van der Waals surface area contributed by atoms with Crippen LogP contribution in [0.25, 0.3) is 0 Å². The highest BCUT2D eigenvalue weighted by atomic mass is 35.5. The maximum Gasteiger partial charge on any atom is 0.416 e. The fourth-order valence-corrected chi connectivity index (χ4v) is 2.87. The molecular formula is C13H10ClF3N2OS. The van der Waals surface area contributed by atoms with Crippen molar-refractivity contribution in [1.82, 2.24) is 4.37 Å². The number of hydrogen-bond acceptors (Lipinski definition) is 4. The Morgan fingerprint density at radius 3 is 2.57 bits per heavy atom. The van der Waals surface area contributed by atoms with Crippen LogP contribution < -0.4 is 5.32 Å². The highest BCUT2D eigenvalue weighted by Crippen LogP contribution is 2.36. The Balaban J connectivity index is 2.35. The number of anilines is 2. The Morgan fingerprint density at radius 2 is 2.05 bits per heavy atom. The van der Waals surface area contributed by atoms with E-state index in [4.69, 9.17) is 11.6 Å². The summed E-state index contributed by atoms with van der Waals surface area (Å²) in [6.07, 6.45) is -4.45. The van der Waals surface area contributed by atoms with Gasteiger partial charge in [0.25, 0.3) is 0 Å². The quantitative estimate of drug-likeness (QED) is 0.797. The molecule has 0 bridgehead atoms. The zero-order valence-corrected chi connectivity index (χ0v) is 12.6. The average molecular weight is 335 g/mol. The highest BCUT2D eigenvalue weighted by Gasteiger charge is 2.31. The van der Waals surface area contributed by atoms with Crippen molar-refractivity contribution >= 4 is 39.6 Å². The van der Waals surface area contributed by atoms with Gasteiger partial charge in [-0.15, -0.1) is 0 Å². The van der Waals surface area contributed by atoms with Crippen LogP contribution in [0.1, 0.15) is 28.5 Å². The topological polar surface area (TPSA) is 42.0 Å². The molecule has 8 heteroatoms. The summed E-state index contributed by atoms with van der Waals surface area (Å²) in [4.78, 5) is 11.6. The lowest BCUT2D eigenvalue weighted by Gasteiger charge is -2.11. The van der Waals surface area contributed by atoms with E-state index in [1.165, 1.54) is 13.0 Å². The third-order valence-electron chi connectivity index (χ3n) is 2.76. The number of halogens is 4. The number of hydrogen-bond donors (Lipinski definition) is 1. The number of nitrogens with one attached hydrogen (secondary N) is 1. The summed E-state index contributed by atoms with van der Waals surface area (Å²) >= 11 is 6.92. The van der Waals surface area contributed by atoms with E-state index in [2.05, 4.69) is 9.69 Å². The molecule has 3 nitrogen and oxygen atoms in total. The highest BCUT2D eigenvalue weighted by molar-refractivity contribution is 7.10. The second kappa shape index (κ2) is 5.65. The predicted molar refractivity (Wildman–Crippen MR) is 76.6 cm³/mol. The van der Waals surface area contributed by atoms with E-state index in [0.717, 1.165) is 23.7 Å². The molecule has 2 rings (SSSR count). The number of carbonyl (C=O) groups excluding carboxylic acids is 1. The predicted octanol–water partition coefficient (Wildman–Crippen LogP) is 5.07. The van der Waals surface area contributed by atoms with E-state index < -0.39 is 11.7 Å². The molecule has 112 valence electrons. The van der Waals surface area contributed by atoms with Crippen LogP contribution in [0.4, 0.5) is 23.9 Å². The van der Waals surface area contributed by atoms with Gasteiger partial charge in [-0.2, -0.15) is 17.5 Å². The van der Waals surface area contributed by atoms with Gasteiger partial charge in [0.1, 0.15) is 5.00 Å². The summed E-state index contributed by atoms with van der Waals surface area (Å²) in [5.41, 5.74) is 0.440. The fraction of sp³-hybridized carbons (Fsp3) is 0.231. The van der Waals surface area contributed by atoms with Crippen LogP contribution in [0.2, 0.25) is 5.02 Å². The molecule has 1 N–H and O–H groups in total. The van der Waals surface area contributed by atoms with Crippen LogP contribution in [-0.4, -0.2) is 10.2 Å². The van der Waals surface area contributed by atoms with Gasteiger partial charge in [0.15, 0.2) is 5.78 Å². The van der Waals surface area contributed by atoms with Crippen molar-refractivity contribution in [2.45, 2.75) is 20.0 Å². The number of benzene rings is 1. The van der Waals surface area contributed by atoms with Gasteiger partial charge < -0.3 is 5.32 Å². The molecule has 0 aliphatic carbocycles. The lowest BCUT2D eigenvalue weighted by atomic mass is 10.1.